The smallest absolute Gasteiger partial charge is 0.159 e. The average molecular weight is 726 g/mol. The molecule has 2 heterocycles. The zero-order valence-electron chi connectivity index (χ0n) is 31.1. The number of hydrogen-bond acceptors (Lipinski definition) is 2. The van der Waals surface area contributed by atoms with Gasteiger partial charge in [-0.3, -0.25) is 0 Å². The van der Waals surface area contributed by atoms with E-state index >= 15 is 0 Å². The molecule has 57 heavy (non-hydrogen) atoms. The van der Waals surface area contributed by atoms with Crippen molar-refractivity contribution in [1.29, 1.82) is 0 Å². The first-order valence-corrected chi connectivity index (χ1v) is 19.7. The lowest BCUT2D eigenvalue weighted by atomic mass is 9.64. The van der Waals surface area contributed by atoms with Gasteiger partial charge in [0.25, 0.3) is 0 Å². The minimum absolute atomic E-state index is 0.612. The molecule has 9 aromatic carbocycles. The lowest BCUT2D eigenvalue weighted by molar-refractivity contribution is 0.668. The summed E-state index contributed by atoms with van der Waals surface area (Å²) in [6, 6.07) is 77.7. The lowest BCUT2D eigenvalue weighted by Crippen LogP contribution is -2.36. The van der Waals surface area contributed by atoms with Crippen LogP contribution in [0.25, 0.3) is 66.4 Å². The summed E-state index contributed by atoms with van der Waals surface area (Å²) in [7, 11) is 0. The normalized spacial score (nSPS) is 13.4. The van der Waals surface area contributed by atoms with E-state index in [2.05, 4.69) is 217 Å². The Hall–Kier alpha value is -7.42. The molecule has 0 atom stereocenters. The van der Waals surface area contributed by atoms with Crippen molar-refractivity contribution in [1.82, 2.24) is 0 Å². The maximum atomic E-state index is 6.81. The van der Waals surface area contributed by atoms with Crippen LogP contribution in [0.15, 0.2) is 217 Å². The number of benzene rings is 9. The zero-order chi connectivity index (χ0) is 37.5. The van der Waals surface area contributed by atoms with Crippen molar-refractivity contribution < 1.29 is 4.42 Å². The van der Waals surface area contributed by atoms with Gasteiger partial charge in [0.05, 0.1) is 22.5 Å². The van der Waals surface area contributed by atoms with Crippen LogP contribution in [0.2, 0.25) is 0 Å². The van der Waals surface area contributed by atoms with E-state index in [0.717, 1.165) is 39.0 Å². The fraction of sp³-hybridized carbons (Fsp3) is 0.0182. The first-order valence-electron chi connectivity index (χ1n) is 19.7. The SMILES string of the molecule is c1ccc(-c2ccc3c(c2)C2(c4ccccc4-c4ccccc42)c2cc(-c4ccccc4-c4ccccc4)ccc2N3c2cccc3c2oc2ccccc23)cc1. The van der Waals surface area contributed by atoms with Gasteiger partial charge in [-0.1, -0.05) is 176 Å². The number of fused-ring (bicyclic) bond motifs is 12. The molecule has 1 aromatic heterocycles. The van der Waals surface area contributed by atoms with Crippen LogP contribution in [0.5, 0.6) is 0 Å². The molecule has 0 bridgehead atoms. The van der Waals surface area contributed by atoms with Gasteiger partial charge in [0.2, 0.25) is 0 Å². The summed E-state index contributed by atoms with van der Waals surface area (Å²) >= 11 is 0. The van der Waals surface area contributed by atoms with Gasteiger partial charge in [0, 0.05) is 10.8 Å². The largest absolute Gasteiger partial charge is 0.454 e. The van der Waals surface area contributed by atoms with Crippen LogP contribution >= 0.6 is 0 Å². The van der Waals surface area contributed by atoms with Crippen molar-refractivity contribution in [3.8, 4) is 44.5 Å². The summed E-state index contributed by atoms with van der Waals surface area (Å²) in [6.45, 7) is 0. The van der Waals surface area contributed by atoms with Crippen LogP contribution in [0.1, 0.15) is 22.3 Å². The number of para-hydroxylation sites is 2. The Morgan fingerprint density at radius 3 is 1.51 bits per heavy atom. The monoisotopic (exact) mass is 725 g/mol. The summed E-state index contributed by atoms with van der Waals surface area (Å²) in [5.41, 5.74) is 19.3. The lowest BCUT2D eigenvalue weighted by Gasteiger charge is -2.45. The van der Waals surface area contributed by atoms with E-state index < -0.39 is 5.41 Å². The minimum Gasteiger partial charge on any atom is -0.454 e. The predicted octanol–water partition coefficient (Wildman–Crippen LogP) is 14.7. The highest BCUT2D eigenvalue weighted by atomic mass is 16.3. The van der Waals surface area contributed by atoms with Crippen LogP contribution in [-0.2, 0) is 5.41 Å². The molecule has 2 nitrogen and oxygen atoms in total. The molecular formula is C55H35NO. The van der Waals surface area contributed by atoms with Gasteiger partial charge >= 0.3 is 0 Å². The van der Waals surface area contributed by atoms with Crippen molar-refractivity contribution in [2.75, 3.05) is 4.90 Å². The first kappa shape index (κ1) is 31.9. The third-order valence-corrected chi connectivity index (χ3v) is 12.3. The molecule has 0 radical (unpaired) electrons. The van der Waals surface area contributed by atoms with Crippen LogP contribution in [0.3, 0.4) is 0 Å². The van der Waals surface area contributed by atoms with E-state index in [1.54, 1.807) is 0 Å². The topological polar surface area (TPSA) is 16.4 Å². The Morgan fingerprint density at radius 1 is 0.316 bits per heavy atom. The van der Waals surface area contributed by atoms with Crippen LogP contribution in [-0.4, -0.2) is 0 Å². The molecule has 0 amide bonds. The Balaban J connectivity index is 1.23. The third kappa shape index (κ3) is 4.53. The molecule has 12 rings (SSSR count). The second kappa shape index (κ2) is 12.3. The van der Waals surface area contributed by atoms with Gasteiger partial charge in [-0.15, -0.1) is 0 Å². The molecule has 266 valence electrons. The number of hydrogen-bond donors (Lipinski definition) is 0. The van der Waals surface area contributed by atoms with Gasteiger partial charge in [0.15, 0.2) is 5.58 Å². The highest BCUT2D eigenvalue weighted by molar-refractivity contribution is 6.11. The second-order valence-corrected chi connectivity index (χ2v) is 15.2. The van der Waals surface area contributed by atoms with Crippen molar-refractivity contribution in [3.05, 3.63) is 235 Å². The first-order chi connectivity index (χ1) is 28.3. The number of furan rings is 1. The maximum absolute atomic E-state index is 6.81. The van der Waals surface area contributed by atoms with Crippen molar-refractivity contribution in [2.24, 2.45) is 0 Å². The van der Waals surface area contributed by atoms with E-state index in [-0.39, 0.29) is 0 Å². The molecule has 1 aliphatic heterocycles. The van der Waals surface area contributed by atoms with E-state index in [1.165, 1.54) is 66.8 Å². The van der Waals surface area contributed by atoms with Gasteiger partial charge in [-0.25, -0.2) is 0 Å². The van der Waals surface area contributed by atoms with Crippen LogP contribution < -0.4 is 4.90 Å². The van der Waals surface area contributed by atoms with E-state index in [4.69, 9.17) is 4.42 Å². The second-order valence-electron chi connectivity index (χ2n) is 15.2. The molecule has 0 saturated heterocycles. The molecule has 0 fully saturated rings. The van der Waals surface area contributed by atoms with E-state index in [1.807, 2.05) is 0 Å². The number of nitrogens with zero attached hydrogens (tertiary/aromatic N) is 1. The van der Waals surface area contributed by atoms with Crippen molar-refractivity contribution in [3.63, 3.8) is 0 Å². The van der Waals surface area contributed by atoms with Gasteiger partial charge in [-0.2, -0.15) is 0 Å². The summed E-state index contributed by atoms with van der Waals surface area (Å²) in [4.78, 5) is 2.46. The van der Waals surface area contributed by atoms with Gasteiger partial charge in [0.1, 0.15) is 5.58 Å². The fourth-order valence-corrected chi connectivity index (χ4v) is 9.90. The average Bonchev–Trinajstić information content (AvgIpc) is 3.82. The van der Waals surface area contributed by atoms with E-state index in [0.29, 0.717) is 0 Å². The minimum atomic E-state index is -0.612. The summed E-state index contributed by atoms with van der Waals surface area (Å²) in [5.74, 6) is 0. The van der Waals surface area contributed by atoms with Crippen LogP contribution in [0, 0.1) is 0 Å². The molecule has 0 saturated carbocycles. The third-order valence-electron chi connectivity index (χ3n) is 12.3. The standard InChI is InChI=1S/C55H35NO/c1-3-16-36(17-4-1)38-30-32-50-48(34-38)55(46-26-12-9-22-42(46)43-23-10-13-27-47(43)55)49-35-39(41-21-8-7-20-40(41)37-18-5-2-6-19-37)31-33-51(49)56(50)52-28-15-25-45-44-24-11-14-29-53(44)57-54(45)52/h1-35H. The summed E-state index contributed by atoms with van der Waals surface area (Å²) < 4.78 is 6.81. The highest BCUT2D eigenvalue weighted by Gasteiger charge is 2.52. The Kier molecular flexibility index (Phi) is 6.88. The van der Waals surface area contributed by atoms with Crippen molar-refractivity contribution >= 4 is 39.0 Å². The Morgan fingerprint density at radius 2 is 0.825 bits per heavy atom. The van der Waals surface area contributed by atoms with Crippen LogP contribution in [0.4, 0.5) is 17.1 Å². The number of anilines is 3. The molecule has 2 heteroatoms. The quantitative estimate of drug-likeness (QED) is 0.180. The zero-order valence-corrected chi connectivity index (χ0v) is 31.1. The predicted molar refractivity (Wildman–Crippen MR) is 236 cm³/mol. The van der Waals surface area contributed by atoms with Crippen molar-refractivity contribution in [2.45, 2.75) is 5.41 Å². The summed E-state index contributed by atoms with van der Waals surface area (Å²) in [5, 5.41) is 2.23. The Bertz CT molecular complexity index is 3150. The molecule has 0 unspecified atom stereocenters. The van der Waals surface area contributed by atoms with Gasteiger partial charge < -0.3 is 9.32 Å². The number of rotatable bonds is 4. The molecule has 10 aromatic rings. The van der Waals surface area contributed by atoms with Gasteiger partial charge in [-0.05, 0) is 103 Å². The molecule has 0 N–H and O–H groups in total. The summed E-state index contributed by atoms with van der Waals surface area (Å²) in [6.07, 6.45) is 0. The fourth-order valence-electron chi connectivity index (χ4n) is 9.90. The highest BCUT2D eigenvalue weighted by Crippen LogP contribution is 2.64. The molecule has 1 aliphatic carbocycles. The Labute approximate surface area is 331 Å². The van der Waals surface area contributed by atoms with E-state index in [9.17, 15) is 0 Å². The molecular weight excluding hydrogens is 691 g/mol. The molecule has 2 aliphatic rings. The molecule has 1 spiro atoms. The maximum Gasteiger partial charge on any atom is 0.159 e.